The Morgan fingerprint density at radius 2 is 2.10 bits per heavy atom. The van der Waals surface area contributed by atoms with Crippen LogP contribution in [0, 0.1) is 12.8 Å². The SMILES string of the molecule is Cc1ccc2cccc(OCC(=O)NCC(C)C)c2n1. The molecule has 0 unspecified atom stereocenters. The predicted molar refractivity (Wildman–Crippen MR) is 79.8 cm³/mol. The van der Waals surface area contributed by atoms with Crippen molar-refractivity contribution in [1.29, 1.82) is 0 Å². The van der Waals surface area contributed by atoms with E-state index in [0.29, 0.717) is 18.2 Å². The Balaban J connectivity index is 2.06. The number of aryl methyl sites for hydroxylation is 1. The topological polar surface area (TPSA) is 51.2 Å². The van der Waals surface area contributed by atoms with Crippen molar-refractivity contribution in [2.24, 2.45) is 5.92 Å². The van der Waals surface area contributed by atoms with Gasteiger partial charge in [-0.25, -0.2) is 4.98 Å². The highest BCUT2D eigenvalue weighted by molar-refractivity contribution is 5.85. The monoisotopic (exact) mass is 272 g/mol. The van der Waals surface area contributed by atoms with Crippen LogP contribution in [0.15, 0.2) is 30.3 Å². The van der Waals surface area contributed by atoms with Crippen LogP contribution in [0.5, 0.6) is 5.75 Å². The number of rotatable bonds is 5. The van der Waals surface area contributed by atoms with Gasteiger partial charge in [0.15, 0.2) is 6.61 Å². The first-order chi connectivity index (χ1) is 9.56. The number of benzene rings is 1. The first-order valence-electron chi connectivity index (χ1n) is 6.82. The van der Waals surface area contributed by atoms with Gasteiger partial charge in [-0.2, -0.15) is 0 Å². The van der Waals surface area contributed by atoms with E-state index in [1.165, 1.54) is 0 Å². The van der Waals surface area contributed by atoms with Gasteiger partial charge in [0.25, 0.3) is 5.91 Å². The fourth-order valence-electron chi connectivity index (χ4n) is 1.85. The summed E-state index contributed by atoms with van der Waals surface area (Å²) < 4.78 is 5.59. The quantitative estimate of drug-likeness (QED) is 0.910. The third kappa shape index (κ3) is 3.70. The van der Waals surface area contributed by atoms with E-state index in [0.717, 1.165) is 16.6 Å². The van der Waals surface area contributed by atoms with E-state index in [4.69, 9.17) is 4.74 Å². The minimum Gasteiger partial charge on any atom is -0.481 e. The Hall–Kier alpha value is -2.10. The maximum Gasteiger partial charge on any atom is 0.257 e. The van der Waals surface area contributed by atoms with Crippen LogP contribution in [0.2, 0.25) is 0 Å². The Kier molecular flexibility index (Phi) is 4.56. The number of nitrogens with zero attached hydrogens (tertiary/aromatic N) is 1. The summed E-state index contributed by atoms with van der Waals surface area (Å²) in [6.45, 7) is 6.72. The molecular weight excluding hydrogens is 252 g/mol. The summed E-state index contributed by atoms with van der Waals surface area (Å²) in [4.78, 5) is 16.1. The molecule has 106 valence electrons. The van der Waals surface area contributed by atoms with Crippen LogP contribution in [-0.4, -0.2) is 24.0 Å². The minimum atomic E-state index is -0.108. The summed E-state index contributed by atoms with van der Waals surface area (Å²) in [5, 5.41) is 3.84. The summed E-state index contributed by atoms with van der Waals surface area (Å²) in [7, 11) is 0. The molecule has 1 N–H and O–H groups in total. The molecular formula is C16H20N2O2. The number of carbonyl (C=O) groups excluding carboxylic acids is 1. The maximum atomic E-state index is 11.7. The molecule has 0 spiro atoms. The molecule has 20 heavy (non-hydrogen) atoms. The molecule has 1 heterocycles. The van der Waals surface area contributed by atoms with Crippen molar-refractivity contribution in [2.75, 3.05) is 13.2 Å². The van der Waals surface area contributed by atoms with Gasteiger partial charge in [-0.15, -0.1) is 0 Å². The lowest BCUT2D eigenvalue weighted by molar-refractivity contribution is -0.123. The van der Waals surface area contributed by atoms with Crippen molar-refractivity contribution < 1.29 is 9.53 Å². The second-order valence-electron chi connectivity index (χ2n) is 5.27. The molecule has 0 saturated carbocycles. The Morgan fingerprint density at radius 3 is 2.85 bits per heavy atom. The highest BCUT2D eigenvalue weighted by Gasteiger charge is 2.07. The number of hydrogen-bond donors (Lipinski definition) is 1. The van der Waals surface area contributed by atoms with E-state index < -0.39 is 0 Å². The van der Waals surface area contributed by atoms with E-state index in [1.54, 1.807) is 0 Å². The van der Waals surface area contributed by atoms with Crippen molar-refractivity contribution >= 4 is 16.8 Å². The number of hydrogen-bond acceptors (Lipinski definition) is 3. The molecule has 0 aliphatic heterocycles. The molecule has 2 rings (SSSR count). The molecule has 1 amide bonds. The average Bonchev–Trinajstić information content (AvgIpc) is 2.42. The molecule has 1 aromatic carbocycles. The van der Waals surface area contributed by atoms with Crippen molar-refractivity contribution in [2.45, 2.75) is 20.8 Å². The first-order valence-corrected chi connectivity index (χ1v) is 6.82. The first kappa shape index (κ1) is 14.3. The number of nitrogens with one attached hydrogen (secondary N) is 1. The molecule has 0 fully saturated rings. The molecule has 4 heteroatoms. The van der Waals surface area contributed by atoms with Crippen molar-refractivity contribution in [3.05, 3.63) is 36.0 Å². The van der Waals surface area contributed by atoms with Gasteiger partial charge < -0.3 is 10.1 Å². The molecule has 4 nitrogen and oxygen atoms in total. The Morgan fingerprint density at radius 1 is 1.30 bits per heavy atom. The van der Waals surface area contributed by atoms with E-state index in [-0.39, 0.29) is 12.5 Å². The lowest BCUT2D eigenvalue weighted by Crippen LogP contribution is -2.31. The second kappa shape index (κ2) is 6.37. The zero-order chi connectivity index (χ0) is 14.5. The molecule has 0 bridgehead atoms. The third-order valence-electron chi connectivity index (χ3n) is 2.89. The van der Waals surface area contributed by atoms with Gasteiger partial charge in [-0.3, -0.25) is 4.79 Å². The van der Waals surface area contributed by atoms with E-state index in [1.807, 2.05) is 37.3 Å². The lowest BCUT2D eigenvalue weighted by atomic mass is 10.2. The van der Waals surface area contributed by atoms with Crippen molar-refractivity contribution in [1.82, 2.24) is 10.3 Å². The molecule has 0 aliphatic carbocycles. The summed E-state index contributed by atoms with van der Waals surface area (Å²) in [5.41, 5.74) is 1.72. The Labute approximate surface area is 119 Å². The zero-order valence-corrected chi connectivity index (χ0v) is 12.1. The molecule has 2 aromatic rings. The predicted octanol–water partition coefficient (Wildman–Crippen LogP) is 2.69. The number of para-hydroxylation sites is 1. The summed E-state index contributed by atoms with van der Waals surface area (Å²) >= 11 is 0. The number of fused-ring (bicyclic) bond motifs is 1. The van der Waals surface area contributed by atoms with E-state index >= 15 is 0 Å². The fourth-order valence-corrected chi connectivity index (χ4v) is 1.85. The average molecular weight is 272 g/mol. The summed E-state index contributed by atoms with van der Waals surface area (Å²) in [6.07, 6.45) is 0. The number of pyridine rings is 1. The molecule has 0 saturated heterocycles. The number of aromatic nitrogens is 1. The van der Waals surface area contributed by atoms with Crippen LogP contribution in [-0.2, 0) is 4.79 Å². The molecule has 0 radical (unpaired) electrons. The smallest absolute Gasteiger partial charge is 0.257 e. The van der Waals surface area contributed by atoms with Gasteiger partial charge in [0.05, 0.1) is 0 Å². The highest BCUT2D eigenvalue weighted by atomic mass is 16.5. The van der Waals surface area contributed by atoms with Crippen LogP contribution < -0.4 is 10.1 Å². The molecule has 0 atom stereocenters. The molecule has 1 aromatic heterocycles. The molecule has 0 aliphatic rings. The highest BCUT2D eigenvalue weighted by Crippen LogP contribution is 2.23. The van der Waals surface area contributed by atoms with Gasteiger partial charge in [0.2, 0.25) is 0 Å². The summed E-state index contributed by atoms with van der Waals surface area (Å²) in [6, 6.07) is 9.68. The zero-order valence-electron chi connectivity index (χ0n) is 12.1. The van der Waals surface area contributed by atoms with Gasteiger partial charge in [-0.1, -0.05) is 32.0 Å². The van der Waals surface area contributed by atoms with Gasteiger partial charge in [0, 0.05) is 17.6 Å². The Bertz CT molecular complexity index is 608. The second-order valence-corrected chi connectivity index (χ2v) is 5.27. The van der Waals surface area contributed by atoms with E-state index in [2.05, 4.69) is 24.1 Å². The van der Waals surface area contributed by atoms with Gasteiger partial charge >= 0.3 is 0 Å². The summed E-state index contributed by atoms with van der Waals surface area (Å²) in [5.74, 6) is 0.968. The van der Waals surface area contributed by atoms with Crippen molar-refractivity contribution in [3.8, 4) is 5.75 Å². The van der Waals surface area contributed by atoms with Crippen LogP contribution >= 0.6 is 0 Å². The fraction of sp³-hybridized carbons (Fsp3) is 0.375. The van der Waals surface area contributed by atoms with E-state index in [9.17, 15) is 4.79 Å². The largest absolute Gasteiger partial charge is 0.481 e. The van der Waals surface area contributed by atoms with Gasteiger partial charge in [-0.05, 0) is 25.0 Å². The van der Waals surface area contributed by atoms with Gasteiger partial charge in [0.1, 0.15) is 11.3 Å². The van der Waals surface area contributed by atoms with Crippen LogP contribution in [0.4, 0.5) is 0 Å². The van der Waals surface area contributed by atoms with Crippen LogP contribution in [0.3, 0.4) is 0 Å². The van der Waals surface area contributed by atoms with Crippen LogP contribution in [0.1, 0.15) is 19.5 Å². The normalized spacial score (nSPS) is 10.8. The maximum absolute atomic E-state index is 11.7. The minimum absolute atomic E-state index is 0.0153. The van der Waals surface area contributed by atoms with Crippen molar-refractivity contribution in [3.63, 3.8) is 0 Å². The number of carbonyl (C=O) groups is 1. The third-order valence-corrected chi connectivity index (χ3v) is 2.89. The standard InChI is InChI=1S/C16H20N2O2/c1-11(2)9-17-15(19)10-20-14-6-4-5-13-8-7-12(3)18-16(13)14/h4-8,11H,9-10H2,1-3H3,(H,17,19). The van der Waals surface area contributed by atoms with Crippen LogP contribution in [0.25, 0.3) is 10.9 Å². The number of ether oxygens (including phenoxy) is 1. The lowest BCUT2D eigenvalue weighted by Gasteiger charge is -2.10. The number of amides is 1.